The fourth-order valence-corrected chi connectivity index (χ4v) is 3.16. The SMILES string of the molecule is Cc1cc(C)c2c(n1)sc1nc(C)[nH]c12. The molecule has 1 N–H and O–H groups in total. The first-order valence-corrected chi connectivity index (χ1v) is 5.70. The lowest BCUT2D eigenvalue weighted by Gasteiger charge is -1.97. The van der Waals surface area contributed by atoms with Crippen LogP contribution in [0.1, 0.15) is 17.1 Å². The number of nitrogens with zero attached hydrogens (tertiary/aromatic N) is 2. The molecule has 0 aliphatic heterocycles. The number of H-pyrrole nitrogens is 1. The number of nitrogens with one attached hydrogen (secondary N) is 1. The maximum atomic E-state index is 4.53. The van der Waals surface area contributed by atoms with Gasteiger partial charge in [0.25, 0.3) is 0 Å². The van der Waals surface area contributed by atoms with Crippen molar-refractivity contribution < 1.29 is 0 Å². The molecule has 0 bridgehead atoms. The Morgan fingerprint density at radius 2 is 1.93 bits per heavy atom. The summed E-state index contributed by atoms with van der Waals surface area (Å²) in [6.07, 6.45) is 0. The molecule has 0 aromatic carbocycles. The molecule has 3 aromatic rings. The van der Waals surface area contributed by atoms with Crippen molar-refractivity contribution in [1.29, 1.82) is 0 Å². The van der Waals surface area contributed by atoms with E-state index in [1.165, 1.54) is 10.9 Å². The number of hydrogen-bond acceptors (Lipinski definition) is 3. The van der Waals surface area contributed by atoms with Crippen LogP contribution in [0.25, 0.3) is 20.6 Å². The van der Waals surface area contributed by atoms with Crippen LogP contribution in [-0.2, 0) is 0 Å². The highest BCUT2D eigenvalue weighted by molar-refractivity contribution is 7.25. The zero-order valence-corrected chi connectivity index (χ0v) is 9.70. The molecule has 0 radical (unpaired) electrons. The van der Waals surface area contributed by atoms with E-state index in [0.717, 1.165) is 26.7 Å². The van der Waals surface area contributed by atoms with Gasteiger partial charge in [0.1, 0.15) is 15.5 Å². The molecular weight excluding hydrogens is 206 g/mol. The van der Waals surface area contributed by atoms with Crippen molar-refractivity contribution in [2.45, 2.75) is 20.8 Å². The van der Waals surface area contributed by atoms with Crippen molar-refractivity contribution in [1.82, 2.24) is 15.0 Å². The molecule has 3 aromatic heterocycles. The maximum Gasteiger partial charge on any atom is 0.144 e. The Labute approximate surface area is 91.2 Å². The summed E-state index contributed by atoms with van der Waals surface area (Å²) in [5, 5.41) is 1.22. The highest BCUT2D eigenvalue weighted by Crippen LogP contribution is 2.33. The Morgan fingerprint density at radius 1 is 1.13 bits per heavy atom. The van der Waals surface area contributed by atoms with E-state index < -0.39 is 0 Å². The quantitative estimate of drug-likeness (QED) is 0.628. The van der Waals surface area contributed by atoms with Crippen LogP contribution in [0.3, 0.4) is 0 Å². The van der Waals surface area contributed by atoms with E-state index in [2.05, 4.69) is 27.9 Å². The lowest BCUT2D eigenvalue weighted by molar-refractivity contribution is 1.17. The number of thiophene rings is 1. The van der Waals surface area contributed by atoms with Crippen molar-refractivity contribution in [3.63, 3.8) is 0 Å². The van der Waals surface area contributed by atoms with E-state index in [-0.39, 0.29) is 0 Å². The van der Waals surface area contributed by atoms with Gasteiger partial charge in [-0.25, -0.2) is 9.97 Å². The maximum absolute atomic E-state index is 4.53. The van der Waals surface area contributed by atoms with Crippen LogP contribution in [0.2, 0.25) is 0 Å². The molecule has 0 unspecified atom stereocenters. The van der Waals surface area contributed by atoms with Gasteiger partial charge >= 0.3 is 0 Å². The van der Waals surface area contributed by atoms with Crippen LogP contribution < -0.4 is 0 Å². The Bertz CT molecular complexity index is 663. The average molecular weight is 217 g/mol. The van der Waals surface area contributed by atoms with Crippen molar-refractivity contribution >= 4 is 31.9 Å². The number of fused-ring (bicyclic) bond motifs is 3. The van der Waals surface area contributed by atoms with Crippen molar-refractivity contribution in [3.8, 4) is 0 Å². The van der Waals surface area contributed by atoms with Crippen LogP contribution in [0.15, 0.2) is 6.07 Å². The molecule has 3 rings (SSSR count). The Hall–Kier alpha value is -1.42. The number of rotatable bonds is 0. The van der Waals surface area contributed by atoms with E-state index >= 15 is 0 Å². The molecule has 0 atom stereocenters. The smallest absolute Gasteiger partial charge is 0.144 e. The summed E-state index contributed by atoms with van der Waals surface area (Å²) in [4.78, 5) is 14.4. The zero-order valence-electron chi connectivity index (χ0n) is 8.88. The average Bonchev–Trinajstić information content (AvgIpc) is 2.58. The number of hydrogen-bond donors (Lipinski definition) is 1. The standard InChI is InChI=1S/C11H11N3S/c1-5-4-6(2)12-10-8(5)9-11(15-10)14-7(3)13-9/h4H,1-3H3,(H,13,14). The summed E-state index contributed by atoms with van der Waals surface area (Å²) in [6, 6.07) is 2.12. The van der Waals surface area contributed by atoms with Crippen molar-refractivity contribution in [3.05, 3.63) is 23.1 Å². The number of aromatic amines is 1. The van der Waals surface area contributed by atoms with Gasteiger partial charge in [0.2, 0.25) is 0 Å². The molecule has 76 valence electrons. The molecule has 0 aliphatic carbocycles. The third kappa shape index (κ3) is 1.18. The topological polar surface area (TPSA) is 41.6 Å². The minimum absolute atomic E-state index is 0.970. The number of aryl methyl sites for hydroxylation is 3. The number of pyridine rings is 1. The van der Waals surface area contributed by atoms with Gasteiger partial charge in [0.05, 0.1) is 5.52 Å². The minimum Gasteiger partial charge on any atom is -0.341 e. The summed E-state index contributed by atoms with van der Waals surface area (Å²) >= 11 is 1.66. The van der Waals surface area contributed by atoms with Gasteiger partial charge in [-0.1, -0.05) is 11.3 Å². The molecule has 3 heterocycles. The monoisotopic (exact) mass is 217 g/mol. The summed E-state index contributed by atoms with van der Waals surface area (Å²) in [5.41, 5.74) is 3.48. The third-order valence-corrected chi connectivity index (χ3v) is 3.52. The Kier molecular flexibility index (Phi) is 1.65. The zero-order chi connectivity index (χ0) is 10.6. The first-order valence-electron chi connectivity index (χ1n) is 4.88. The lowest BCUT2D eigenvalue weighted by Crippen LogP contribution is -1.83. The molecule has 0 spiro atoms. The fraction of sp³-hybridized carbons (Fsp3) is 0.273. The fourth-order valence-electron chi connectivity index (χ4n) is 1.99. The summed E-state index contributed by atoms with van der Waals surface area (Å²) in [6.45, 7) is 6.13. The molecule has 0 saturated carbocycles. The second kappa shape index (κ2) is 2.79. The van der Waals surface area contributed by atoms with Crippen LogP contribution >= 0.6 is 11.3 Å². The Balaban J connectivity index is 2.57. The van der Waals surface area contributed by atoms with Gasteiger partial charge in [0, 0.05) is 11.1 Å². The van der Waals surface area contributed by atoms with Crippen molar-refractivity contribution in [2.24, 2.45) is 0 Å². The minimum atomic E-state index is 0.970. The summed E-state index contributed by atoms with van der Waals surface area (Å²) in [7, 11) is 0. The summed E-state index contributed by atoms with van der Waals surface area (Å²) in [5.74, 6) is 0.970. The molecule has 3 nitrogen and oxygen atoms in total. The van der Waals surface area contributed by atoms with Gasteiger partial charge in [-0.05, 0) is 32.4 Å². The van der Waals surface area contributed by atoms with E-state index in [9.17, 15) is 0 Å². The van der Waals surface area contributed by atoms with E-state index in [0.29, 0.717) is 0 Å². The highest BCUT2D eigenvalue weighted by Gasteiger charge is 2.12. The summed E-state index contributed by atoms with van der Waals surface area (Å²) < 4.78 is 0. The third-order valence-electron chi connectivity index (χ3n) is 2.54. The molecule has 4 heteroatoms. The number of aromatic nitrogens is 3. The van der Waals surface area contributed by atoms with Gasteiger partial charge in [-0.15, -0.1) is 0 Å². The largest absolute Gasteiger partial charge is 0.341 e. The second-order valence-electron chi connectivity index (χ2n) is 3.87. The predicted molar refractivity (Wildman–Crippen MR) is 63.5 cm³/mol. The highest BCUT2D eigenvalue weighted by atomic mass is 32.1. The van der Waals surface area contributed by atoms with E-state index in [1.807, 2.05) is 13.8 Å². The molecule has 15 heavy (non-hydrogen) atoms. The Morgan fingerprint density at radius 3 is 2.73 bits per heavy atom. The first kappa shape index (κ1) is 8.85. The van der Waals surface area contributed by atoms with E-state index in [1.54, 1.807) is 11.3 Å². The van der Waals surface area contributed by atoms with Gasteiger partial charge in [-0.2, -0.15) is 0 Å². The van der Waals surface area contributed by atoms with E-state index in [4.69, 9.17) is 0 Å². The van der Waals surface area contributed by atoms with Gasteiger partial charge in [0.15, 0.2) is 0 Å². The van der Waals surface area contributed by atoms with Crippen LogP contribution in [0, 0.1) is 20.8 Å². The van der Waals surface area contributed by atoms with Gasteiger partial charge < -0.3 is 4.98 Å². The normalized spacial score (nSPS) is 11.7. The molecule has 0 saturated heterocycles. The van der Waals surface area contributed by atoms with Crippen LogP contribution in [-0.4, -0.2) is 15.0 Å². The lowest BCUT2D eigenvalue weighted by atomic mass is 10.2. The molecule has 0 amide bonds. The van der Waals surface area contributed by atoms with Gasteiger partial charge in [-0.3, -0.25) is 0 Å². The molecule has 0 fully saturated rings. The van der Waals surface area contributed by atoms with Crippen molar-refractivity contribution in [2.75, 3.05) is 0 Å². The molecular formula is C11H11N3S. The second-order valence-corrected chi connectivity index (χ2v) is 4.84. The first-order chi connectivity index (χ1) is 7.15. The predicted octanol–water partition coefficient (Wildman–Crippen LogP) is 3.10. The van der Waals surface area contributed by atoms with Crippen LogP contribution in [0.5, 0.6) is 0 Å². The molecule has 0 aliphatic rings. The van der Waals surface area contributed by atoms with Crippen LogP contribution in [0.4, 0.5) is 0 Å². The number of imidazole rings is 1.